The number of halogens is 3. The monoisotopic (exact) mass is 528 g/mol. The third-order valence-electron chi connectivity index (χ3n) is 7.35. The highest BCUT2D eigenvalue weighted by Crippen LogP contribution is 2.38. The van der Waals surface area contributed by atoms with E-state index in [9.17, 15) is 13.2 Å². The van der Waals surface area contributed by atoms with Crippen LogP contribution in [0.15, 0.2) is 37.1 Å². The Hall–Kier alpha value is -3.58. The van der Waals surface area contributed by atoms with Gasteiger partial charge >= 0.3 is 6.18 Å². The lowest BCUT2D eigenvalue weighted by molar-refractivity contribution is -0.145. The molecule has 2 aliphatic rings. The van der Waals surface area contributed by atoms with E-state index < -0.39 is 12.0 Å². The number of likely N-dealkylation sites (tertiary alicyclic amines) is 1. The first-order valence-electron chi connectivity index (χ1n) is 12.7. The zero-order chi connectivity index (χ0) is 26.3. The molecule has 0 atom stereocenters. The number of ether oxygens (including phenoxy) is 1. The molecule has 38 heavy (non-hydrogen) atoms. The zero-order valence-corrected chi connectivity index (χ0v) is 20.5. The maximum absolute atomic E-state index is 13.2. The van der Waals surface area contributed by atoms with Gasteiger partial charge in [0.1, 0.15) is 18.1 Å². The number of rotatable bonds is 7. The molecule has 4 aromatic heterocycles. The molecule has 0 bridgehead atoms. The second-order valence-electron chi connectivity index (χ2n) is 9.80. The van der Waals surface area contributed by atoms with E-state index in [1.54, 1.807) is 6.33 Å². The standard InChI is InChI=1S/C25H27F3N8O2/c26-25(27,28)24-33-16(4-8-37)9-21(34-24)38-19-2-6-35(7-3-19)17-10-18(11-17)36-13-15(12-32-36)22-20-1-5-29-23(20)31-14-30-22/h1,5,9,12-14,17-19,37H,2-4,6-8,10-11H2,(H,29,30,31). The fraction of sp³-hybridized carbons (Fsp3) is 0.480. The molecule has 2 fully saturated rings. The highest BCUT2D eigenvalue weighted by atomic mass is 19.4. The normalized spacial score (nSPS) is 21.1. The molecule has 5 heterocycles. The van der Waals surface area contributed by atoms with E-state index in [1.165, 1.54) is 6.07 Å². The number of aromatic amines is 1. The summed E-state index contributed by atoms with van der Waals surface area (Å²) in [7, 11) is 0. The van der Waals surface area contributed by atoms with Gasteiger partial charge in [-0.05, 0) is 31.7 Å². The Morgan fingerprint density at radius 2 is 1.92 bits per heavy atom. The van der Waals surface area contributed by atoms with Gasteiger partial charge in [0.25, 0.3) is 0 Å². The summed E-state index contributed by atoms with van der Waals surface area (Å²) in [6.07, 6.45) is 5.78. The number of hydrogen-bond donors (Lipinski definition) is 2. The van der Waals surface area contributed by atoms with E-state index in [0.717, 1.165) is 48.2 Å². The van der Waals surface area contributed by atoms with Crippen molar-refractivity contribution in [1.82, 2.24) is 39.6 Å². The first-order valence-corrected chi connectivity index (χ1v) is 12.7. The molecule has 4 aromatic rings. The van der Waals surface area contributed by atoms with Gasteiger partial charge in [-0.2, -0.15) is 23.3 Å². The molecule has 200 valence electrons. The molecule has 1 saturated carbocycles. The number of aromatic nitrogens is 7. The molecule has 0 unspecified atom stereocenters. The highest BCUT2D eigenvalue weighted by molar-refractivity contribution is 5.89. The Labute approximate surface area is 215 Å². The Kier molecular flexibility index (Phi) is 6.48. The molecule has 0 spiro atoms. The van der Waals surface area contributed by atoms with Crippen LogP contribution in [-0.4, -0.2) is 76.5 Å². The van der Waals surface area contributed by atoms with Gasteiger partial charge in [0.2, 0.25) is 11.7 Å². The molecule has 13 heteroatoms. The molecule has 0 radical (unpaired) electrons. The number of nitrogens with one attached hydrogen (secondary N) is 1. The molecule has 10 nitrogen and oxygen atoms in total. The number of piperidine rings is 1. The Bertz CT molecular complexity index is 1410. The average Bonchev–Trinajstić information content (AvgIpc) is 3.54. The van der Waals surface area contributed by atoms with Crippen LogP contribution in [0.2, 0.25) is 0 Å². The van der Waals surface area contributed by atoms with Crippen LogP contribution in [-0.2, 0) is 12.6 Å². The lowest BCUT2D eigenvalue weighted by Crippen LogP contribution is -2.50. The smallest absolute Gasteiger partial charge is 0.451 e. The summed E-state index contributed by atoms with van der Waals surface area (Å²) >= 11 is 0. The average molecular weight is 529 g/mol. The van der Waals surface area contributed by atoms with E-state index in [1.807, 2.05) is 29.3 Å². The van der Waals surface area contributed by atoms with Gasteiger partial charge in [-0.15, -0.1) is 0 Å². The van der Waals surface area contributed by atoms with E-state index in [0.29, 0.717) is 24.9 Å². The first-order chi connectivity index (χ1) is 18.4. The number of nitrogens with zero attached hydrogens (tertiary/aromatic N) is 7. The molecule has 2 N–H and O–H groups in total. The molecule has 6 rings (SSSR count). The minimum absolute atomic E-state index is 0.0104. The molecular formula is C25H27F3N8O2. The van der Waals surface area contributed by atoms with E-state index in [-0.39, 0.29) is 30.7 Å². The Morgan fingerprint density at radius 3 is 2.68 bits per heavy atom. The summed E-state index contributed by atoms with van der Waals surface area (Å²) in [6.45, 7) is 1.31. The van der Waals surface area contributed by atoms with Crippen molar-refractivity contribution in [3.63, 3.8) is 0 Å². The number of aliphatic hydroxyl groups is 1. The van der Waals surface area contributed by atoms with Crippen LogP contribution < -0.4 is 4.74 Å². The lowest BCUT2D eigenvalue weighted by atomic mass is 9.84. The van der Waals surface area contributed by atoms with Crippen LogP contribution in [0.25, 0.3) is 22.3 Å². The van der Waals surface area contributed by atoms with Crippen molar-refractivity contribution >= 4 is 11.0 Å². The van der Waals surface area contributed by atoms with Crippen LogP contribution in [0.3, 0.4) is 0 Å². The van der Waals surface area contributed by atoms with E-state index in [4.69, 9.17) is 9.84 Å². The van der Waals surface area contributed by atoms with Crippen LogP contribution in [0.4, 0.5) is 13.2 Å². The first kappa shape index (κ1) is 24.7. The molecule has 1 aliphatic carbocycles. The topological polar surface area (TPSA) is 118 Å². The number of hydrogen-bond acceptors (Lipinski definition) is 8. The van der Waals surface area contributed by atoms with Crippen molar-refractivity contribution in [2.45, 2.75) is 56.5 Å². The quantitative estimate of drug-likeness (QED) is 0.375. The number of H-pyrrole nitrogens is 1. The van der Waals surface area contributed by atoms with Gasteiger partial charge in [0, 0.05) is 61.6 Å². The third-order valence-corrected chi connectivity index (χ3v) is 7.35. The summed E-state index contributed by atoms with van der Waals surface area (Å²) in [6, 6.07) is 4.10. The summed E-state index contributed by atoms with van der Waals surface area (Å²) in [5, 5.41) is 14.7. The molecule has 0 amide bonds. The van der Waals surface area contributed by atoms with Gasteiger partial charge < -0.3 is 14.8 Å². The predicted molar refractivity (Wildman–Crippen MR) is 130 cm³/mol. The van der Waals surface area contributed by atoms with E-state index in [2.05, 4.69) is 34.9 Å². The van der Waals surface area contributed by atoms with Crippen molar-refractivity contribution in [2.24, 2.45) is 0 Å². The van der Waals surface area contributed by atoms with E-state index >= 15 is 0 Å². The molecule has 1 aliphatic heterocycles. The molecule has 1 saturated heterocycles. The lowest BCUT2D eigenvalue weighted by Gasteiger charge is -2.45. The van der Waals surface area contributed by atoms with Gasteiger partial charge in [-0.3, -0.25) is 9.58 Å². The van der Waals surface area contributed by atoms with Gasteiger partial charge in [0.05, 0.1) is 23.6 Å². The number of aliphatic hydroxyl groups excluding tert-OH is 1. The van der Waals surface area contributed by atoms with Gasteiger partial charge in [-0.1, -0.05) is 0 Å². The Morgan fingerprint density at radius 1 is 1.11 bits per heavy atom. The Balaban J connectivity index is 1.03. The van der Waals surface area contributed by atoms with Crippen LogP contribution in [0, 0.1) is 0 Å². The maximum atomic E-state index is 13.2. The second kappa shape index (κ2) is 9.95. The maximum Gasteiger partial charge on any atom is 0.451 e. The second-order valence-corrected chi connectivity index (χ2v) is 9.80. The summed E-state index contributed by atoms with van der Waals surface area (Å²) in [5.74, 6) is -1.33. The largest absolute Gasteiger partial charge is 0.474 e. The molecule has 0 aromatic carbocycles. The predicted octanol–water partition coefficient (Wildman–Crippen LogP) is 3.41. The van der Waals surface area contributed by atoms with Crippen molar-refractivity contribution in [3.8, 4) is 17.1 Å². The minimum atomic E-state index is -4.67. The van der Waals surface area contributed by atoms with Crippen molar-refractivity contribution in [2.75, 3.05) is 19.7 Å². The minimum Gasteiger partial charge on any atom is -0.474 e. The number of fused-ring (bicyclic) bond motifs is 1. The summed E-state index contributed by atoms with van der Waals surface area (Å²) in [5.41, 5.74) is 2.72. The van der Waals surface area contributed by atoms with Crippen LogP contribution in [0.5, 0.6) is 5.88 Å². The highest BCUT2D eigenvalue weighted by Gasteiger charge is 2.38. The fourth-order valence-electron chi connectivity index (χ4n) is 5.27. The number of alkyl halides is 3. The van der Waals surface area contributed by atoms with Gasteiger partial charge in [-0.25, -0.2) is 15.0 Å². The van der Waals surface area contributed by atoms with Crippen LogP contribution >= 0.6 is 0 Å². The summed E-state index contributed by atoms with van der Waals surface area (Å²) in [4.78, 5) is 21.3. The fourth-order valence-corrected chi connectivity index (χ4v) is 5.27. The third kappa shape index (κ3) is 4.95. The van der Waals surface area contributed by atoms with Crippen molar-refractivity contribution < 1.29 is 23.0 Å². The van der Waals surface area contributed by atoms with Gasteiger partial charge in [0.15, 0.2) is 0 Å². The van der Waals surface area contributed by atoms with Crippen molar-refractivity contribution in [1.29, 1.82) is 0 Å². The summed E-state index contributed by atoms with van der Waals surface area (Å²) < 4.78 is 47.4. The van der Waals surface area contributed by atoms with Crippen LogP contribution in [0.1, 0.15) is 43.2 Å². The SMILES string of the molecule is OCCc1cc(OC2CCN(C3CC(n4cc(-c5ncnc6[nH]ccc56)cn4)C3)CC2)nc(C(F)(F)F)n1. The van der Waals surface area contributed by atoms with Crippen molar-refractivity contribution in [3.05, 3.63) is 48.6 Å². The zero-order valence-electron chi connectivity index (χ0n) is 20.5. The molecular weight excluding hydrogens is 501 g/mol.